The second-order valence-corrected chi connectivity index (χ2v) is 9.32. The maximum absolute atomic E-state index is 13.6. The second kappa shape index (κ2) is 7.08. The van der Waals surface area contributed by atoms with E-state index >= 15 is 0 Å². The Balaban J connectivity index is 1.88. The Morgan fingerprint density at radius 1 is 0.909 bits per heavy atom. The van der Waals surface area contributed by atoms with Gasteiger partial charge in [0, 0.05) is 14.1 Å². The lowest BCUT2D eigenvalue weighted by Crippen LogP contribution is -2.37. The van der Waals surface area contributed by atoms with Crippen molar-refractivity contribution >= 4 is 22.2 Å². The molecule has 0 saturated carbocycles. The van der Waals surface area contributed by atoms with Gasteiger partial charge in [0.15, 0.2) is 6.10 Å². The van der Waals surface area contributed by atoms with E-state index < -0.39 is 6.10 Å². The van der Waals surface area contributed by atoms with Crippen LogP contribution in [0.5, 0.6) is 5.75 Å². The minimum Gasteiger partial charge on any atom is -0.476 e. The number of benzene rings is 2. The fourth-order valence-electron chi connectivity index (χ4n) is 4.73. The van der Waals surface area contributed by atoms with Gasteiger partial charge in [-0.1, -0.05) is 48.0 Å². The summed E-state index contributed by atoms with van der Waals surface area (Å²) in [5.74, 6) is 0.735. The number of rotatable bonds is 2. The van der Waals surface area contributed by atoms with Crippen LogP contribution in [-0.2, 0) is 14.1 Å². The first kappa shape index (κ1) is 19.8. The number of hydrogen-bond acceptors (Lipinski definition) is 4. The lowest BCUT2D eigenvalue weighted by molar-refractivity contribution is 0.233. The summed E-state index contributed by atoms with van der Waals surface area (Å²) in [6.45, 7) is 2.04. The van der Waals surface area contributed by atoms with Gasteiger partial charge in [0.1, 0.15) is 5.75 Å². The van der Waals surface area contributed by atoms with Gasteiger partial charge in [-0.2, -0.15) is 0 Å². The molecule has 1 aliphatic heterocycles. The van der Waals surface area contributed by atoms with Crippen molar-refractivity contribution in [2.45, 2.75) is 13.0 Å². The highest BCUT2D eigenvalue weighted by Gasteiger charge is 2.36. The number of nitrogens with zero attached hydrogens (tertiary/aromatic N) is 3. The zero-order valence-corrected chi connectivity index (χ0v) is 19.2. The van der Waals surface area contributed by atoms with Crippen molar-refractivity contribution in [3.8, 4) is 22.7 Å². The van der Waals surface area contributed by atoms with E-state index in [0.717, 1.165) is 38.8 Å². The minimum atomic E-state index is -0.445. The quantitative estimate of drug-likeness (QED) is 0.393. The Labute approximate surface area is 193 Å². The zero-order chi connectivity index (χ0) is 22.9. The second-order valence-electron chi connectivity index (χ2n) is 8.35. The fourth-order valence-corrected chi connectivity index (χ4v) is 5.48. The molecule has 33 heavy (non-hydrogen) atoms. The third kappa shape index (κ3) is 2.72. The van der Waals surface area contributed by atoms with Crippen molar-refractivity contribution < 1.29 is 4.74 Å². The van der Waals surface area contributed by atoms with Gasteiger partial charge in [-0.05, 0) is 36.1 Å². The summed E-state index contributed by atoms with van der Waals surface area (Å²) in [6, 6.07) is 20.0. The Morgan fingerprint density at radius 2 is 1.67 bits per heavy atom. The van der Waals surface area contributed by atoms with Gasteiger partial charge in [0.05, 0.1) is 32.9 Å². The summed E-state index contributed by atoms with van der Waals surface area (Å²) in [5, 5.41) is 2.52. The van der Waals surface area contributed by atoms with Crippen LogP contribution in [0.4, 0.5) is 0 Å². The molecule has 3 aromatic heterocycles. The monoisotopic (exact) mass is 455 g/mol. The summed E-state index contributed by atoms with van der Waals surface area (Å²) in [4.78, 5) is 27.6. The van der Waals surface area contributed by atoms with Crippen LogP contribution < -0.4 is 16.0 Å². The first-order chi connectivity index (χ1) is 16.0. The number of ether oxygens (including phenoxy) is 1. The average molecular weight is 456 g/mol. The van der Waals surface area contributed by atoms with Gasteiger partial charge in [0.25, 0.3) is 5.56 Å². The van der Waals surface area contributed by atoms with E-state index in [9.17, 15) is 9.59 Å². The van der Waals surface area contributed by atoms with Gasteiger partial charge in [-0.25, -0.2) is 4.79 Å². The van der Waals surface area contributed by atoms with Crippen LogP contribution in [0.2, 0.25) is 0 Å². The van der Waals surface area contributed by atoms with Crippen LogP contribution in [0.1, 0.15) is 22.2 Å². The molecule has 0 bridgehead atoms. The molecule has 5 aromatic rings. The highest BCUT2D eigenvalue weighted by atomic mass is 32.1. The van der Waals surface area contributed by atoms with Crippen molar-refractivity contribution in [3.63, 3.8) is 0 Å². The van der Waals surface area contributed by atoms with Crippen LogP contribution in [-0.4, -0.2) is 13.7 Å². The molecule has 0 radical (unpaired) electrons. The summed E-state index contributed by atoms with van der Waals surface area (Å²) < 4.78 is 11.4. The van der Waals surface area contributed by atoms with Gasteiger partial charge in [0.2, 0.25) is 0 Å². The first-order valence-corrected chi connectivity index (χ1v) is 11.6. The third-order valence-electron chi connectivity index (χ3n) is 6.33. The molecule has 1 aliphatic rings. The van der Waals surface area contributed by atoms with E-state index in [-0.39, 0.29) is 11.2 Å². The summed E-state index contributed by atoms with van der Waals surface area (Å²) in [6.07, 6.45) is -0.445. The van der Waals surface area contributed by atoms with Gasteiger partial charge >= 0.3 is 5.69 Å². The molecule has 6 rings (SSSR count). The van der Waals surface area contributed by atoms with Gasteiger partial charge < -0.3 is 9.30 Å². The average Bonchev–Trinajstić information content (AvgIpc) is 3.48. The molecule has 1 unspecified atom stereocenters. The van der Waals surface area contributed by atoms with E-state index in [1.54, 1.807) is 23.0 Å². The number of thiophene rings is 1. The third-order valence-corrected chi connectivity index (χ3v) is 7.25. The largest absolute Gasteiger partial charge is 0.476 e. The SMILES string of the molecule is Cc1ccc(-c2c3c(=O)n(C)c(=O)n(C)c3c3n2-c2ccccc2OC3c2cccs2)cc1. The zero-order valence-electron chi connectivity index (χ0n) is 18.4. The van der Waals surface area contributed by atoms with Crippen molar-refractivity contribution in [2.75, 3.05) is 0 Å². The minimum absolute atomic E-state index is 0.312. The number of para-hydroxylation sites is 2. The predicted octanol–water partition coefficient (Wildman–Crippen LogP) is 4.55. The Bertz CT molecular complexity index is 1650. The number of fused-ring (bicyclic) bond motifs is 5. The van der Waals surface area contributed by atoms with Crippen LogP contribution in [0.15, 0.2) is 75.6 Å². The molecule has 0 spiro atoms. The van der Waals surface area contributed by atoms with E-state index in [4.69, 9.17) is 4.74 Å². The molecule has 1 atom stereocenters. The summed E-state index contributed by atoms with van der Waals surface area (Å²) in [7, 11) is 3.25. The molecule has 6 nitrogen and oxygen atoms in total. The van der Waals surface area contributed by atoms with Gasteiger partial charge in [-0.15, -0.1) is 11.3 Å². The predicted molar refractivity (Wildman–Crippen MR) is 131 cm³/mol. The normalized spacial score (nSPS) is 14.7. The number of aryl methyl sites for hydroxylation is 2. The maximum atomic E-state index is 13.6. The van der Waals surface area contributed by atoms with Crippen LogP contribution in [0.3, 0.4) is 0 Å². The van der Waals surface area contributed by atoms with E-state index in [1.807, 2.05) is 73.0 Å². The fraction of sp³-hybridized carbons (Fsp3) is 0.154. The Hall–Kier alpha value is -3.84. The molecular weight excluding hydrogens is 434 g/mol. The molecule has 0 aliphatic carbocycles. The van der Waals surface area contributed by atoms with Gasteiger partial charge in [-0.3, -0.25) is 13.9 Å². The molecule has 0 fully saturated rings. The van der Waals surface area contributed by atoms with Crippen molar-refractivity contribution in [1.29, 1.82) is 0 Å². The smallest absolute Gasteiger partial charge is 0.331 e. The highest BCUT2D eigenvalue weighted by molar-refractivity contribution is 7.10. The molecule has 0 amide bonds. The van der Waals surface area contributed by atoms with E-state index in [0.29, 0.717) is 10.9 Å². The van der Waals surface area contributed by atoms with Crippen molar-refractivity contribution in [1.82, 2.24) is 13.7 Å². The lowest BCUT2D eigenvalue weighted by Gasteiger charge is -2.29. The molecule has 2 aromatic carbocycles. The molecule has 0 N–H and O–H groups in total. The molecule has 7 heteroatoms. The van der Waals surface area contributed by atoms with E-state index in [1.165, 1.54) is 11.6 Å². The first-order valence-electron chi connectivity index (χ1n) is 10.7. The maximum Gasteiger partial charge on any atom is 0.331 e. The topological polar surface area (TPSA) is 58.2 Å². The standard InChI is InChI=1S/C26H21N3O3S/c1-15-10-12-16(13-11-15)21-20-22(27(2)26(31)28(3)25(20)30)23-24(19-9-6-14-33-19)32-18-8-5-4-7-17(18)29(21)23/h4-14,24H,1-3H3. The van der Waals surface area contributed by atoms with Crippen molar-refractivity contribution in [2.24, 2.45) is 14.1 Å². The van der Waals surface area contributed by atoms with Crippen LogP contribution in [0, 0.1) is 6.92 Å². The molecule has 164 valence electrons. The molecular formula is C26H21N3O3S. The lowest BCUT2D eigenvalue weighted by atomic mass is 10.1. The summed E-state index contributed by atoms with van der Waals surface area (Å²) in [5.41, 5.74) is 4.39. The summed E-state index contributed by atoms with van der Waals surface area (Å²) >= 11 is 1.59. The van der Waals surface area contributed by atoms with Crippen LogP contribution >= 0.6 is 11.3 Å². The Morgan fingerprint density at radius 3 is 2.39 bits per heavy atom. The van der Waals surface area contributed by atoms with Crippen LogP contribution in [0.25, 0.3) is 27.8 Å². The van der Waals surface area contributed by atoms with Crippen molar-refractivity contribution in [3.05, 3.63) is 103 Å². The van der Waals surface area contributed by atoms with E-state index in [2.05, 4.69) is 4.57 Å². The molecule has 0 saturated heterocycles. The highest BCUT2D eigenvalue weighted by Crippen LogP contribution is 2.47. The Kier molecular flexibility index (Phi) is 4.25. The number of hydrogen-bond donors (Lipinski definition) is 0. The number of aromatic nitrogens is 3. The molecule has 4 heterocycles.